The van der Waals surface area contributed by atoms with Crippen molar-refractivity contribution in [1.29, 1.82) is 0 Å². The first-order valence-corrected chi connectivity index (χ1v) is 9.54. The summed E-state index contributed by atoms with van der Waals surface area (Å²) >= 11 is 3.44. The number of aromatic nitrogens is 3. The largest absolute Gasteiger partial charge is 0.442 e. The molecule has 2 aromatic carbocycles. The highest BCUT2D eigenvalue weighted by Gasteiger charge is 2.19. The van der Waals surface area contributed by atoms with Gasteiger partial charge in [0.05, 0.1) is 5.69 Å². The number of oxazole rings is 1. The number of hydrogen-bond acceptors (Lipinski definition) is 5. The molecule has 0 amide bonds. The van der Waals surface area contributed by atoms with Gasteiger partial charge in [0.2, 0.25) is 5.89 Å². The van der Waals surface area contributed by atoms with E-state index in [2.05, 4.69) is 26.0 Å². The quantitative estimate of drug-likeness (QED) is 0.388. The van der Waals surface area contributed by atoms with E-state index < -0.39 is 11.7 Å². The molecule has 0 radical (unpaired) electrons. The topological polar surface area (TPSA) is 70.2 Å². The van der Waals surface area contributed by atoms with Crippen LogP contribution in [-0.4, -0.2) is 26.5 Å². The number of hydrogen-bond donors (Lipinski definition) is 0. The van der Waals surface area contributed by atoms with Crippen LogP contribution in [0.1, 0.15) is 20.8 Å². The van der Waals surface area contributed by atoms with Gasteiger partial charge < -0.3 is 9.15 Å². The zero-order chi connectivity index (χ0) is 19.9. The molecule has 28 heavy (non-hydrogen) atoms. The highest BCUT2D eigenvalue weighted by Crippen LogP contribution is 2.28. The third-order valence-electron chi connectivity index (χ3n) is 3.95. The van der Waals surface area contributed by atoms with Crippen molar-refractivity contribution in [3.8, 4) is 22.7 Å². The average molecular weight is 440 g/mol. The smallest absolute Gasteiger partial charge is 0.435 e. The Morgan fingerprint density at radius 1 is 1.07 bits per heavy atom. The first-order valence-electron chi connectivity index (χ1n) is 8.74. The van der Waals surface area contributed by atoms with Crippen molar-refractivity contribution >= 4 is 33.1 Å². The van der Waals surface area contributed by atoms with E-state index in [9.17, 15) is 4.79 Å². The molecular weight excluding hydrogens is 422 g/mol. The summed E-state index contributed by atoms with van der Waals surface area (Å²) in [7, 11) is 0. The average Bonchev–Trinajstić information content (AvgIpc) is 3.27. The van der Waals surface area contributed by atoms with Gasteiger partial charge in [0.25, 0.3) is 0 Å². The van der Waals surface area contributed by atoms with Gasteiger partial charge in [0.1, 0.15) is 11.1 Å². The molecule has 0 aliphatic carbocycles. The molecule has 4 aromatic rings. The summed E-state index contributed by atoms with van der Waals surface area (Å²) < 4.78 is 13.3. The molecule has 0 aliphatic heterocycles. The van der Waals surface area contributed by atoms with Gasteiger partial charge in [0, 0.05) is 21.8 Å². The number of carbonyl (C=O) groups is 1. The predicted octanol–water partition coefficient (Wildman–Crippen LogP) is 5.90. The van der Waals surface area contributed by atoms with E-state index in [4.69, 9.17) is 9.15 Å². The molecule has 4 rings (SSSR count). The molecule has 2 heterocycles. The maximum atomic E-state index is 12.1. The lowest BCUT2D eigenvalue weighted by molar-refractivity contribution is 0.0515. The first kappa shape index (κ1) is 18.4. The van der Waals surface area contributed by atoms with Crippen molar-refractivity contribution in [2.24, 2.45) is 0 Å². The maximum Gasteiger partial charge on any atom is 0.435 e. The molecule has 0 atom stereocenters. The molecule has 142 valence electrons. The number of benzene rings is 2. The van der Waals surface area contributed by atoms with E-state index in [1.165, 1.54) is 4.68 Å². The maximum absolute atomic E-state index is 12.1. The summed E-state index contributed by atoms with van der Waals surface area (Å²) in [6.07, 6.45) is 1.09. The summed E-state index contributed by atoms with van der Waals surface area (Å²) in [6, 6.07) is 15.2. The Labute approximate surface area is 170 Å². The van der Waals surface area contributed by atoms with Crippen molar-refractivity contribution < 1.29 is 13.9 Å². The van der Waals surface area contributed by atoms with Crippen molar-refractivity contribution in [1.82, 2.24) is 14.8 Å². The number of carbonyl (C=O) groups excluding carboxylic acids is 1. The lowest BCUT2D eigenvalue weighted by Crippen LogP contribution is -2.27. The van der Waals surface area contributed by atoms with E-state index in [0.717, 1.165) is 26.7 Å². The number of halogens is 1. The van der Waals surface area contributed by atoms with Gasteiger partial charge in [-0.05, 0) is 57.2 Å². The van der Waals surface area contributed by atoms with Crippen molar-refractivity contribution in [2.75, 3.05) is 0 Å². The van der Waals surface area contributed by atoms with Gasteiger partial charge in [0.15, 0.2) is 5.58 Å². The molecule has 0 bridgehead atoms. The van der Waals surface area contributed by atoms with Crippen LogP contribution in [0.3, 0.4) is 0 Å². The van der Waals surface area contributed by atoms with Crippen LogP contribution in [0.4, 0.5) is 4.79 Å². The van der Waals surface area contributed by atoms with Crippen LogP contribution in [0.15, 0.2) is 63.6 Å². The minimum atomic E-state index is -0.569. The second-order valence-electron chi connectivity index (χ2n) is 7.33. The van der Waals surface area contributed by atoms with Gasteiger partial charge in [-0.15, -0.1) is 0 Å². The fourth-order valence-electron chi connectivity index (χ4n) is 2.70. The normalized spacial score (nSPS) is 11.7. The third kappa shape index (κ3) is 3.84. The third-order valence-corrected chi connectivity index (χ3v) is 4.44. The van der Waals surface area contributed by atoms with Gasteiger partial charge in [-0.3, -0.25) is 0 Å². The van der Waals surface area contributed by atoms with Crippen LogP contribution in [0.25, 0.3) is 33.8 Å². The zero-order valence-electron chi connectivity index (χ0n) is 15.6. The van der Waals surface area contributed by atoms with Crippen LogP contribution < -0.4 is 0 Å². The summed E-state index contributed by atoms with van der Waals surface area (Å²) in [4.78, 5) is 16.6. The summed E-state index contributed by atoms with van der Waals surface area (Å²) in [5.41, 5.74) is 3.38. The summed E-state index contributed by atoms with van der Waals surface area (Å²) in [6.45, 7) is 5.45. The SMILES string of the molecule is CC(C)(C)OC(=O)n1ccc(-c2ccc(-c3nc4cc(Br)ccc4o3)cc2)n1. The van der Waals surface area contributed by atoms with Gasteiger partial charge in [-0.25, -0.2) is 9.78 Å². The fraction of sp³-hybridized carbons (Fsp3) is 0.190. The highest BCUT2D eigenvalue weighted by molar-refractivity contribution is 9.10. The Morgan fingerprint density at radius 2 is 1.79 bits per heavy atom. The Balaban J connectivity index is 1.57. The summed E-state index contributed by atoms with van der Waals surface area (Å²) in [5, 5.41) is 4.31. The molecule has 0 saturated carbocycles. The molecule has 0 fully saturated rings. The van der Waals surface area contributed by atoms with E-state index >= 15 is 0 Å². The molecule has 2 aromatic heterocycles. The number of nitrogens with zero attached hydrogens (tertiary/aromatic N) is 3. The van der Waals surface area contributed by atoms with E-state index in [0.29, 0.717) is 11.6 Å². The van der Waals surface area contributed by atoms with Crippen LogP contribution >= 0.6 is 15.9 Å². The van der Waals surface area contributed by atoms with E-state index in [1.807, 2.05) is 63.2 Å². The fourth-order valence-corrected chi connectivity index (χ4v) is 3.04. The monoisotopic (exact) mass is 439 g/mol. The van der Waals surface area contributed by atoms with Gasteiger partial charge >= 0.3 is 6.09 Å². The van der Waals surface area contributed by atoms with Crippen LogP contribution in [0.2, 0.25) is 0 Å². The number of ether oxygens (including phenoxy) is 1. The zero-order valence-corrected chi connectivity index (χ0v) is 17.2. The Bertz CT molecular complexity index is 1150. The highest BCUT2D eigenvalue weighted by atomic mass is 79.9. The second kappa shape index (κ2) is 6.91. The molecule has 0 unspecified atom stereocenters. The molecule has 0 N–H and O–H groups in total. The second-order valence-corrected chi connectivity index (χ2v) is 8.25. The molecule has 0 aliphatic rings. The van der Waals surface area contributed by atoms with Crippen LogP contribution in [0.5, 0.6) is 0 Å². The van der Waals surface area contributed by atoms with E-state index in [-0.39, 0.29) is 0 Å². The number of fused-ring (bicyclic) bond motifs is 1. The lowest BCUT2D eigenvalue weighted by Gasteiger charge is -2.18. The first-order chi connectivity index (χ1) is 13.3. The van der Waals surface area contributed by atoms with Crippen molar-refractivity contribution in [3.63, 3.8) is 0 Å². The summed E-state index contributed by atoms with van der Waals surface area (Å²) in [5.74, 6) is 0.555. The van der Waals surface area contributed by atoms with Crippen LogP contribution in [0, 0.1) is 0 Å². The van der Waals surface area contributed by atoms with Crippen LogP contribution in [-0.2, 0) is 4.74 Å². The Morgan fingerprint density at radius 3 is 2.50 bits per heavy atom. The van der Waals surface area contributed by atoms with Crippen molar-refractivity contribution in [2.45, 2.75) is 26.4 Å². The minimum absolute atomic E-state index is 0.506. The number of rotatable bonds is 2. The van der Waals surface area contributed by atoms with Gasteiger partial charge in [-0.2, -0.15) is 9.78 Å². The Kier molecular flexibility index (Phi) is 4.55. The van der Waals surface area contributed by atoms with Gasteiger partial charge in [-0.1, -0.05) is 28.1 Å². The predicted molar refractivity (Wildman–Crippen MR) is 110 cm³/mol. The standard InChI is InChI=1S/C21H18BrN3O3/c1-21(2,3)28-20(26)25-11-10-16(24-25)13-4-6-14(7-5-13)19-23-17-12-15(22)8-9-18(17)27-19/h4-12H,1-3H3. The molecule has 7 heteroatoms. The molecule has 6 nitrogen and oxygen atoms in total. The van der Waals surface area contributed by atoms with Crippen molar-refractivity contribution in [3.05, 3.63) is 59.2 Å². The molecule has 0 spiro atoms. The lowest BCUT2D eigenvalue weighted by atomic mass is 10.1. The molecule has 0 saturated heterocycles. The molecular formula is C21H18BrN3O3. The Hall–Kier alpha value is -2.93. The minimum Gasteiger partial charge on any atom is -0.442 e. The van der Waals surface area contributed by atoms with E-state index in [1.54, 1.807) is 12.3 Å².